The van der Waals surface area contributed by atoms with Gasteiger partial charge in [-0.25, -0.2) is 4.39 Å². The van der Waals surface area contributed by atoms with Crippen LogP contribution in [0.5, 0.6) is 0 Å². The van der Waals surface area contributed by atoms with Crippen molar-refractivity contribution in [2.45, 2.75) is 17.4 Å². The molecule has 4 nitrogen and oxygen atoms in total. The lowest BCUT2D eigenvalue weighted by Crippen LogP contribution is -2.59. The molecule has 0 saturated carbocycles. The summed E-state index contributed by atoms with van der Waals surface area (Å²) in [6, 6.07) is 15.9. The SMILES string of the molecule is CN1CCC2(C(=O)c3cccc4cccc2c34)C12C(=O)Nc1ccc(F)cc12. The predicted molar refractivity (Wildman–Crippen MR) is 104 cm³/mol. The molecule has 5 heteroatoms. The van der Waals surface area contributed by atoms with Crippen LogP contribution in [0.3, 0.4) is 0 Å². The number of nitrogens with one attached hydrogen (secondary N) is 1. The van der Waals surface area contributed by atoms with Crippen LogP contribution >= 0.6 is 0 Å². The van der Waals surface area contributed by atoms with E-state index in [4.69, 9.17) is 0 Å². The second-order valence-corrected chi connectivity index (χ2v) is 7.97. The van der Waals surface area contributed by atoms with Crippen LogP contribution in [-0.4, -0.2) is 30.2 Å². The van der Waals surface area contributed by atoms with E-state index in [-0.39, 0.29) is 11.7 Å². The van der Waals surface area contributed by atoms with E-state index in [0.29, 0.717) is 29.8 Å². The average molecular weight is 372 g/mol. The number of carbonyl (C=O) groups is 2. The first-order chi connectivity index (χ1) is 13.5. The van der Waals surface area contributed by atoms with Gasteiger partial charge in [-0.1, -0.05) is 36.4 Å². The molecule has 1 saturated heterocycles. The molecule has 0 radical (unpaired) electrons. The molecule has 6 rings (SSSR count). The van der Waals surface area contributed by atoms with Gasteiger partial charge in [-0.3, -0.25) is 14.5 Å². The number of likely N-dealkylation sites (tertiary alicyclic amines) is 1. The highest BCUT2D eigenvalue weighted by Gasteiger charge is 2.72. The van der Waals surface area contributed by atoms with Crippen LogP contribution in [0.2, 0.25) is 0 Å². The maximum absolute atomic E-state index is 14.3. The molecule has 3 aliphatic rings. The lowest BCUT2D eigenvalue weighted by molar-refractivity contribution is -0.127. The third kappa shape index (κ3) is 1.46. The monoisotopic (exact) mass is 372 g/mol. The van der Waals surface area contributed by atoms with Crippen LogP contribution < -0.4 is 5.32 Å². The summed E-state index contributed by atoms with van der Waals surface area (Å²) >= 11 is 0. The van der Waals surface area contributed by atoms with Crippen LogP contribution in [0.1, 0.15) is 27.9 Å². The molecule has 1 N–H and O–H groups in total. The number of nitrogens with zero attached hydrogens (tertiary/aromatic N) is 1. The van der Waals surface area contributed by atoms with Gasteiger partial charge in [0.05, 0.1) is 5.41 Å². The van der Waals surface area contributed by atoms with E-state index in [9.17, 15) is 14.0 Å². The molecule has 1 fully saturated rings. The van der Waals surface area contributed by atoms with Crippen LogP contribution in [0.4, 0.5) is 10.1 Å². The second kappa shape index (κ2) is 4.86. The molecule has 2 unspecified atom stereocenters. The first kappa shape index (κ1) is 16.0. The van der Waals surface area contributed by atoms with E-state index in [0.717, 1.165) is 16.3 Å². The summed E-state index contributed by atoms with van der Waals surface area (Å²) in [4.78, 5) is 29.4. The average Bonchev–Trinajstić information content (AvgIpc) is 3.26. The van der Waals surface area contributed by atoms with E-state index in [1.165, 1.54) is 12.1 Å². The van der Waals surface area contributed by atoms with Crippen molar-refractivity contribution in [2.24, 2.45) is 0 Å². The molecular weight excluding hydrogens is 355 g/mol. The molecule has 2 heterocycles. The smallest absolute Gasteiger partial charge is 0.251 e. The molecule has 0 bridgehead atoms. The van der Waals surface area contributed by atoms with Crippen molar-refractivity contribution in [1.29, 1.82) is 0 Å². The van der Waals surface area contributed by atoms with Gasteiger partial charge in [-0.2, -0.15) is 0 Å². The number of hydrogen-bond donors (Lipinski definition) is 1. The summed E-state index contributed by atoms with van der Waals surface area (Å²) in [7, 11) is 1.85. The Kier molecular flexibility index (Phi) is 2.77. The minimum Gasteiger partial charge on any atom is -0.324 e. The second-order valence-electron chi connectivity index (χ2n) is 7.97. The summed E-state index contributed by atoms with van der Waals surface area (Å²) < 4.78 is 14.3. The van der Waals surface area contributed by atoms with Crippen LogP contribution in [0.15, 0.2) is 54.6 Å². The van der Waals surface area contributed by atoms with E-state index in [1.54, 1.807) is 6.07 Å². The maximum atomic E-state index is 14.3. The Morgan fingerprint density at radius 3 is 2.64 bits per heavy atom. The Hall–Kier alpha value is -3.05. The maximum Gasteiger partial charge on any atom is 0.251 e. The zero-order chi connectivity index (χ0) is 19.3. The summed E-state index contributed by atoms with van der Waals surface area (Å²) in [6.07, 6.45) is 0.513. The van der Waals surface area contributed by atoms with Crippen molar-refractivity contribution in [1.82, 2.24) is 4.90 Å². The lowest BCUT2D eigenvalue weighted by Gasteiger charge is -2.42. The number of ketones is 1. The largest absolute Gasteiger partial charge is 0.324 e. The van der Waals surface area contributed by atoms with Gasteiger partial charge in [-0.15, -0.1) is 0 Å². The molecule has 28 heavy (non-hydrogen) atoms. The number of hydrogen-bond acceptors (Lipinski definition) is 3. The highest BCUT2D eigenvalue weighted by atomic mass is 19.1. The quantitative estimate of drug-likeness (QED) is 0.656. The summed E-state index contributed by atoms with van der Waals surface area (Å²) in [6.45, 7) is 0.569. The lowest BCUT2D eigenvalue weighted by atomic mass is 9.62. The highest BCUT2D eigenvalue weighted by molar-refractivity contribution is 6.25. The van der Waals surface area contributed by atoms with Crippen molar-refractivity contribution < 1.29 is 14.0 Å². The number of carbonyl (C=O) groups excluding carboxylic acids is 2. The molecule has 1 amide bonds. The molecule has 3 aromatic carbocycles. The van der Waals surface area contributed by atoms with Gasteiger partial charge in [-0.05, 0) is 48.0 Å². The minimum atomic E-state index is -1.26. The number of likely N-dealkylation sites (N-methyl/N-ethyl adjacent to an activating group) is 1. The summed E-state index contributed by atoms with van der Waals surface area (Å²) in [5.41, 5.74) is 0.344. The Morgan fingerprint density at radius 1 is 1.04 bits per heavy atom. The van der Waals surface area contributed by atoms with Crippen molar-refractivity contribution in [3.63, 3.8) is 0 Å². The van der Waals surface area contributed by atoms with Crippen LogP contribution in [-0.2, 0) is 15.7 Å². The molecule has 138 valence electrons. The van der Waals surface area contributed by atoms with Crippen LogP contribution in [0.25, 0.3) is 10.8 Å². The fraction of sp³-hybridized carbons (Fsp3) is 0.217. The van der Waals surface area contributed by atoms with Gasteiger partial charge in [0.15, 0.2) is 5.78 Å². The molecule has 2 spiro atoms. The zero-order valence-electron chi connectivity index (χ0n) is 15.3. The fourth-order valence-corrected chi connectivity index (χ4v) is 5.92. The first-order valence-corrected chi connectivity index (χ1v) is 9.41. The number of anilines is 1. The topological polar surface area (TPSA) is 49.4 Å². The Bertz CT molecular complexity index is 1230. The Balaban J connectivity index is 1.77. The van der Waals surface area contributed by atoms with Gasteiger partial charge in [0.25, 0.3) is 5.91 Å². The standard InChI is InChI=1S/C23H17FN2O2/c1-26-11-10-22(23(26)17-12-14(24)8-9-18(17)25-21(23)28)16-7-3-5-13-4-2-6-15(19(13)16)20(22)27/h2-9,12H,10-11H2,1H3,(H,25,28). The number of amides is 1. The highest BCUT2D eigenvalue weighted by Crippen LogP contribution is 2.62. The van der Waals surface area contributed by atoms with E-state index in [2.05, 4.69) is 5.32 Å². The van der Waals surface area contributed by atoms with Gasteiger partial charge in [0.1, 0.15) is 11.4 Å². The van der Waals surface area contributed by atoms with Gasteiger partial charge < -0.3 is 5.32 Å². The minimum absolute atomic E-state index is 0.0455. The fourth-order valence-electron chi connectivity index (χ4n) is 5.92. The number of halogens is 1. The third-order valence-electron chi connectivity index (χ3n) is 6.96. The van der Waals surface area contributed by atoms with Gasteiger partial charge in [0.2, 0.25) is 0 Å². The zero-order valence-corrected chi connectivity index (χ0v) is 15.3. The summed E-state index contributed by atoms with van der Waals surface area (Å²) in [5.74, 6) is -0.714. The molecule has 1 aliphatic carbocycles. The van der Waals surface area contributed by atoms with Crippen molar-refractivity contribution >= 4 is 28.2 Å². The predicted octanol–water partition coefficient (Wildman–Crippen LogP) is 3.60. The van der Waals surface area contributed by atoms with Crippen molar-refractivity contribution in [3.8, 4) is 0 Å². The molecule has 2 atom stereocenters. The number of fused-ring (bicyclic) bond motifs is 4. The van der Waals surface area contributed by atoms with Gasteiger partial charge >= 0.3 is 0 Å². The first-order valence-electron chi connectivity index (χ1n) is 9.41. The van der Waals surface area contributed by atoms with E-state index < -0.39 is 16.8 Å². The number of rotatable bonds is 0. The third-order valence-corrected chi connectivity index (χ3v) is 6.96. The molecular formula is C23H17FN2O2. The normalized spacial score (nSPS) is 27.9. The van der Waals surface area contributed by atoms with E-state index in [1.807, 2.05) is 48.3 Å². The Morgan fingerprint density at radius 2 is 1.82 bits per heavy atom. The molecule has 0 aromatic heterocycles. The number of Topliss-reactive ketones (excluding diaryl/α,β-unsaturated/α-hetero) is 1. The van der Waals surface area contributed by atoms with Crippen molar-refractivity contribution in [2.75, 3.05) is 18.9 Å². The van der Waals surface area contributed by atoms with E-state index >= 15 is 0 Å². The van der Waals surface area contributed by atoms with Crippen LogP contribution in [0, 0.1) is 5.82 Å². The number of benzene rings is 3. The molecule has 2 aliphatic heterocycles. The molecule has 3 aromatic rings. The Labute approximate surface area is 161 Å². The van der Waals surface area contributed by atoms with Crippen molar-refractivity contribution in [3.05, 3.63) is 77.1 Å². The van der Waals surface area contributed by atoms with Gasteiger partial charge in [0, 0.05) is 23.4 Å². The summed E-state index contributed by atoms with van der Waals surface area (Å²) in [5, 5.41) is 4.83.